The fourth-order valence-electron chi connectivity index (χ4n) is 0.230. The molecule has 0 aliphatic carbocycles. The Morgan fingerprint density at radius 2 is 1.88 bits per heavy atom. The van der Waals surface area contributed by atoms with E-state index >= 15 is 0 Å². The summed E-state index contributed by atoms with van der Waals surface area (Å²) in [5.74, 6) is -0.264. The zero-order chi connectivity index (χ0) is 6.57. The Bertz CT molecular complexity index is 133. The Morgan fingerprint density at radius 1 is 1.38 bits per heavy atom. The van der Waals surface area contributed by atoms with Gasteiger partial charge in [-0.15, -0.1) is 0 Å². The van der Waals surface area contributed by atoms with E-state index < -0.39 is 0 Å². The number of aliphatic hydroxyl groups is 2. The van der Waals surface area contributed by atoms with Crippen molar-refractivity contribution in [2.24, 2.45) is 0 Å². The molecule has 0 aromatic rings. The molecule has 0 unspecified atom stereocenters. The average Bonchev–Trinajstić information content (AvgIpc) is 1.65. The van der Waals surface area contributed by atoms with Crippen molar-refractivity contribution in [1.82, 2.24) is 0 Å². The summed E-state index contributed by atoms with van der Waals surface area (Å²) in [7, 11) is 0. The van der Waals surface area contributed by atoms with Crippen molar-refractivity contribution in [3.63, 3.8) is 0 Å². The van der Waals surface area contributed by atoms with E-state index in [1.165, 1.54) is 6.08 Å². The minimum atomic E-state index is -0.178. The number of hydrogen-bond donors (Lipinski definition) is 2. The van der Waals surface area contributed by atoms with Gasteiger partial charge in [0.05, 0.1) is 0 Å². The highest BCUT2D eigenvalue weighted by atomic mass is 16.3. The van der Waals surface area contributed by atoms with Crippen LogP contribution in [0.25, 0.3) is 0 Å². The lowest BCUT2D eigenvalue weighted by Gasteiger charge is -1.86. The van der Waals surface area contributed by atoms with Gasteiger partial charge in [-0.2, -0.15) is 0 Å². The number of allylic oxidation sites excluding steroid dienone is 2. The van der Waals surface area contributed by atoms with E-state index in [1.807, 2.05) is 0 Å². The van der Waals surface area contributed by atoms with Crippen molar-refractivity contribution in [1.29, 1.82) is 0 Å². The van der Waals surface area contributed by atoms with E-state index in [9.17, 15) is 0 Å². The SMILES string of the molecule is C=C/C(O)=C\C(=C)O. The molecule has 0 fully saturated rings. The summed E-state index contributed by atoms with van der Waals surface area (Å²) in [5.41, 5.74) is 0. The first kappa shape index (κ1) is 6.82. The Labute approximate surface area is 48.1 Å². The molecule has 0 rings (SSSR count). The first-order valence-electron chi connectivity index (χ1n) is 2.08. The van der Waals surface area contributed by atoms with Gasteiger partial charge in [-0.3, -0.25) is 0 Å². The molecule has 0 aliphatic rings. The van der Waals surface area contributed by atoms with E-state index in [-0.39, 0.29) is 11.5 Å². The number of hydrogen-bond acceptors (Lipinski definition) is 2. The number of aliphatic hydroxyl groups excluding tert-OH is 2. The summed E-state index contributed by atoms with van der Waals surface area (Å²) in [5, 5.41) is 16.9. The molecule has 0 aromatic carbocycles. The van der Waals surface area contributed by atoms with Crippen LogP contribution in [0.4, 0.5) is 0 Å². The summed E-state index contributed by atoms with van der Waals surface area (Å²) >= 11 is 0. The quantitative estimate of drug-likeness (QED) is 0.421. The highest BCUT2D eigenvalue weighted by molar-refractivity contribution is 5.16. The van der Waals surface area contributed by atoms with Gasteiger partial charge in [-0.25, -0.2) is 0 Å². The minimum absolute atomic E-state index is 0.0856. The summed E-state index contributed by atoms with van der Waals surface area (Å²) < 4.78 is 0. The van der Waals surface area contributed by atoms with E-state index in [2.05, 4.69) is 13.2 Å². The van der Waals surface area contributed by atoms with Crippen LogP contribution < -0.4 is 0 Å². The van der Waals surface area contributed by atoms with Crippen molar-refractivity contribution in [3.05, 3.63) is 36.8 Å². The molecule has 2 N–H and O–H groups in total. The summed E-state index contributed by atoms with van der Waals surface area (Å²) in [6, 6.07) is 0. The fraction of sp³-hybridized carbons (Fsp3) is 0. The third kappa shape index (κ3) is 3.03. The maximum Gasteiger partial charge on any atom is 0.118 e. The zero-order valence-corrected chi connectivity index (χ0v) is 4.46. The van der Waals surface area contributed by atoms with Gasteiger partial charge in [0, 0.05) is 6.08 Å². The Kier molecular flexibility index (Phi) is 2.48. The van der Waals surface area contributed by atoms with Gasteiger partial charge in [-0.05, 0) is 6.08 Å². The molecule has 44 valence electrons. The topological polar surface area (TPSA) is 40.5 Å². The first-order valence-corrected chi connectivity index (χ1v) is 2.08. The van der Waals surface area contributed by atoms with E-state index in [4.69, 9.17) is 10.2 Å². The van der Waals surface area contributed by atoms with Gasteiger partial charge >= 0.3 is 0 Å². The molecule has 0 spiro atoms. The molecule has 0 saturated heterocycles. The van der Waals surface area contributed by atoms with Gasteiger partial charge in [0.2, 0.25) is 0 Å². The Hall–Kier alpha value is -1.18. The predicted molar refractivity (Wildman–Crippen MR) is 32.7 cm³/mol. The molecule has 0 aliphatic heterocycles. The van der Waals surface area contributed by atoms with Gasteiger partial charge < -0.3 is 10.2 Å². The van der Waals surface area contributed by atoms with Crippen LogP contribution in [0, 0.1) is 0 Å². The molecular formula is C6H8O2. The van der Waals surface area contributed by atoms with Gasteiger partial charge in [-0.1, -0.05) is 13.2 Å². The van der Waals surface area contributed by atoms with Gasteiger partial charge in [0.1, 0.15) is 11.5 Å². The molecule has 0 atom stereocenters. The van der Waals surface area contributed by atoms with Crippen LogP contribution >= 0.6 is 0 Å². The lowest BCUT2D eigenvalue weighted by molar-refractivity contribution is 0.406. The standard InChI is InChI=1S/C6H8O2/c1-3-6(8)4-5(2)7/h3-4,7-8H,1-2H2/b6-4+. The third-order valence-electron chi connectivity index (χ3n) is 0.524. The Morgan fingerprint density at radius 3 is 2.00 bits per heavy atom. The maximum absolute atomic E-state index is 8.55. The maximum atomic E-state index is 8.55. The monoisotopic (exact) mass is 112 g/mol. The summed E-state index contributed by atoms with van der Waals surface area (Å²) in [6.07, 6.45) is 2.31. The fourth-order valence-corrected chi connectivity index (χ4v) is 0.230. The first-order chi connectivity index (χ1) is 3.66. The molecule has 8 heavy (non-hydrogen) atoms. The van der Waals surface area contributed by atoms with Gasteiger partial charge in [0.25, 0.3) is 0 Å². The van der Waals surface area contributed by atoms with Crippen LogP contribution in [0.3, 0.4) is 0 Å². The van der Waals surface area contributed by atoms with E-state index in [0.717, 1.165) is 6.08 Å². The molecule has 0 aromatic heterocycles. The predicted octanol–water partition coefficient (Wildman–Crippen LogP) is 1.69. The lowest BCUT2D eigenvalue weighted by Crippen LogP contribution is -1.74. The van der Waals surface area contributed by atoms with Crippen molar-refractivity contribution < 1.29 is 10.2 Å². The van der Waals surface area contributed by atoms with Crippen molar-refractivity contribution >= 4 is 0 Å². The molecule has 0 heterocycles. The van der Waals surface area contributed by atoms with E-state index in [1.54, 1.807) is 0 Å². The lowest BCUT2D eigenvalue weighted by atomic mass is 10.4. The van der Waals surface area contributed by atoms with Crippen LogP contribution in [0.5, 0.6) is 0 Å². The van der Waals surface area contributed by atoms with Crippen molar-refractivity contribution in [2.75, 3.05) is 0 Å². The molecule has 0 bridgehead atoms. The van der Waals surface area contributed by atoms with Crippen molar-refractivity contribution in [2.45, 2.75) is 0 Å². The molecule has 0 radical (unpaired) electrons. The zero-order valence-electron chi connectivity index (χ0n) is 4.46. The molecule has 2 nitrogen and oxygen atoms in total. The Balaban J connectivity index is 3.94. The third-order valence-corrected chi connectivity index (χ3v) is 0.524. The molecule has 0 saturated carbocycles. The van der Waals surface area contributed by atoms with Crippen LogP contribution in [0.2, 0.25) is 0 Å². The highest BCUT2D eigenvalue weighted by Crippen LogP contribution is 1.92. The van der Waals surface area contributed by atoms with Crippen LogP contribution in [-0.4, -0.2) is 10.2 Å². The highest BCUT2D eigenvalue weighted by Gasteiger charge is 1.82. The normalized spacial score (nSPS) is 10.8. The van der Waals surface area contributed by atoms with Crippen LogP contribution in [-0.2, 0) is 0 Å². The van der Waals surface area contributed by atoms with Crippen LogP contribution in [0.1, 0.15) is 0 Å². The second kappa shape index (κ2) is 2.91. The van der Waals surface area contributed by atoms with Gasteiger partial charge in [0.15, 0.2) is 0 Å². The molecule has 0 amide bonds. The van der Waals surface area contributed by atoms with Crippen LogP contribution in [0.15, 0.2) is 36.8 Å². The van der Waals surface area contributed by atoms with Crippen molar-refractivity contribution in [3.8, 4) is 0 Å². The summed E-state index contributed by atoms with van der Waals surface area (Å²) in [4.78, 5) is 0. The second-order valence-electron chi connectivity index (χ2n) is 1.26. The molecule has 2 heteroatoms. The summed E-state index contributed by atoms with van der Waals surface area (Å²) in [6.45, 7) is 6.36. The second-order valence-corrected chi connectivity index (χ2v) is 1.26. The smallest absolute Gasteiger partial charge is 0.118 e. The minimum Gasteiger partial charge on any atom is -0.508 e. The van der Waals surface area contributed by atoms with E-state index in [0.29, 0.717) is 0 Å². The average molecular weight is 112 g/mol. The largest absolute Gasteiger partial charge is 0.508 e. The number of rotatable bonds is 2. The molecular weight excluding hydrogens is 104 g/mol.